The summed E-state index contributed by atoms with van der Waals surface area (Å²) < 4.78 is 2.05. The van der Waals surface area contributed by atoms with E-state index in [0.29, 0.717) is 5.91 Å². The van der Waals surface area contributed by atoms with Crippen molar-refractivity contribution in [3.63, 3.8) is 0 Å². The average Bonchev–Trinajstić information content (AvgIpc) is 3.32. The van der Waals surface area contributed by atoms with Crippen LogP contribution < -0.4 is 0 Å². The van der Waals surface area contributed by atoms with Gasteiger partial charge in [-0.15, -0.1) is 0 Å². The summed E-state index contributed by atoms with van der Waals surface area (Å²) >= 11 is 0. The molecule has 2 aliphatic rings. The molecule has 1 unspecified atom stereocenters. The average molecular weight is 324 g/mol. The molecule has 1 amide bonds. The number of imidazole rings is 1. The van der Waals surface area contributed by atoms with Crippen LogP contribution >= 0.6 is 0 Å². The number of aryl methyl sites for hydroxylation is 1. The van der Waals surface area contributed by atoms with Gasteiger partial charge in [0.15, 0.2) is 0 Å². The molecule has 1 aliphatic heterocycles. The number of likely N-dealkylation sites (N-methyl/N-ethyl adjacent to an activating group) is 1. The van der Waals surface area contributed by atoms with Gasteiger partial charge in [0, 0.05) is 39.1 Å². The van der Waals surface area contributed by atoms with Crippen LogP contribution in [0.3, 0.4) is 0 Å². The maximum Gasteiger partial charge on any atom is 0.233 e. The van der Waals surface area contributed by atoms with Crippen molar-refractivity contribution >= 4 is 5.91 Å². The van der Waals surface area contributed by atoms with Gasteiger partial charge in [0.2, 0.25) is 5.91 Å². The lowest BCUT2D eigenvalue weighted by molar-refractivity contribution is -0.137. The van der Waals surface area contributed by atoms with E-state index in [-0.39, 0.29) is 11.5 Å². The summed E-state index contributed by atoms with van der Waals surface area (Å²) in [6.45, 7) is 2.40. The van der Waals surface area contributed by atoms with Crippen molar-refractivity contribution in [1.29, 1.82) is 0 Å². The minimum atomic E-state index is -0.274. The first-order valence-corrected chi connectivity index (χ1v) is 8.64. The third-order valence-electron chi connectivity index (χ3n) is 5.58. The molecule has 1 saturated carbocycles. The molecule has 1 atom stereocenters. The second kappa shape index (κ2) is 5.74. The molecule has 1 aromatic heterocycles. The Morgan fingerprint density at radius 3 is 2.54 bits per heavy atom. The molecule has 0 N–H and O–H groups in total. The van der Waals surface area contributed by atoms with E-state index in [2.05, 4.69) is 38.5 Å². The van der Waals surface area contributed by atoms with Crippen LogP contribution in [0.25, 0.3) is 0 Å². The number of benzene rings is 1. The van der Waals surface area contributed by atoms with E-state index in [1.54, 1.807) is 0 Å². The van der Waals surface area contributed by atoms with Gasteiger partial charge in [0.25, 0.3) is 0 Å². The molecule has 24 heavy (non-hydrogen) atoms. The van der Waals surface area contributed by atoms with Crippen molar-refractivity contribution in [2.75, 3.05) is 26.7 Å². The second-order valence-electron chi connectivity index (χ2n) is 7.09. The zero-order valence-electron chi connectivity index (χ0n) is 14.4. The van der Waals surface area contributed by atoms with Gasteiger partial charge in [-0.2, -0.15) is 0 Å². The lowest BCUT2D eigenvalue weighted by Gasteiger charge is -2.40. The minimum absolute atomic E-state index is 0.161. The summed E-state index contributed by atoms with van der Waals surface area (Å²) in [5.41, 5.74) is 0.895. The first kappa shape index (κ1) is 15.4. The fraction of sp³-hybridized carbons (Fsp3) is 0.474. The number of amides is 1. The van der Waals surface area contributed by atoms with Gasteiger partial charge in [-0.1, -0.05) is 30.3 Å². The van der Waals surface area contributed by atoms with Gasteiger partial charge in [0.05, 0.1) is 11.5 Å². The maximum absolute atomic E-state index is 13.3. The molecule has 5 heteroatoms. The van der Waals surface area contributed by atoms with Gasteiger partial charge >= 0.3 is 0 Å². The first-order chi connectivity index (χ1) is 11.6. The highest BCUT2D eigenvalue weighted by atomic mass is 16.2. The molecule has 0 radical (unpaired) electrons. The lowest BCUT2D eigenvalue weighted by atomic mass is 9.93. The number of rotatable bonds is 3. The van der Waals surface area contributed by atoms with E-state index in [9.17, 15) is 4.79 Å². The number of carbonyl (C=O) groups excluding carboxylic acids is 1. The van der Waals surface area contributed by atoms with Crippen molar-refractivity contribution in [3.8, 4) is 0 Å². The summed E-state index contributed by atoms with van der Waals surface area (Å²) in [6.07, 6.45) is 5.73. The van der Waals surface area contributed by atoms with Crippen LogP contribution in [0.5, 0.6) is 0 Å². The van der Waals surface area contributed by atoms with Crippen molar-refractivity contribution < 1.29 is 4.79 Å². The number of carbonyl (C=O) groups is 1. The zero-order valence-corrected chi connectivity index (χ0v) is 14.4. The third-order valence-corrected chi connectivity index (χ3v) is 5.58. The van der Waals surface area contributed by atoms with E-state index < -0.39 is 0 Å². The highest BCUT2D eigenvalue weighted by Crippen LogP contribution is 2.50. The highest BCUT2D eigenvalue weighted by molar-refractivity contribution is 5.91. The normalized spacial score (nSPS) is 23.2. The Kier molecular flexibility index (Phi) is 3.68. The molecule has 4 rings (SSSR count). The second-order valence-corrected chi connectivity index (χ2v) is 7.09. The first-order valence-electron chi connectivity index (χ1n) is 8.64. The molecule has 2 aromatic rings. The Morgan fingerprint density at radius 2 is 1.92 bits per heavy atom. The van der Waals surface area contributed by atoms with Crippen LogP contribution in [-0.4, -0.2) is 51.9 Å². The van der Waals surface area contributed by atoms with Crippen LogP contribution in [0.1, 0.15) is 30.3 Å². The SMILES string of the molecule is CN1CCN(C(=O)C2(c3ccccc3)CC2)CC1c1nccn1C. The number of piperazine rings is 1. The number of nitrogens with zero attached hydrogens (tertiary/aromatic N) is 4. The van der Waals surface area contributed by atoms with Crippen molar-refractivity contribution in [2.45, 2.75) is 24.3 Å². The molecule has 0 bridgehead atoms. The monoisotopic (exact) mass is 324 g/mol. The molecule has 1 saturated heterocycles. The smallest absolute Gasteiger partial charge is 0.233 e. The van der Waals surface area contributed by atoms with Crippen LogP contribution in [-0.2, 0) is 17.3 Å². The summed E-state index contributed by atoms with van der Waals surface area (Å²) in [4.78, 5) is 22.1. The summed E-state index contributed by atoms with van der Waals surface area (Å²) in [5.74, 6) is 1.32. The number of hydrogen-bond acceptors (Lipinski definition) is 3. The van der Waals surface area contributed by atoms with Gasteiger partial charge in [-0.05, 0) is 25.5 Å². The Morgan fingerprint density at radius 1 is 1.17 bits per heavy atom. The van der Waals surface area contributed by atoms with Crippen LogP contribution in [0, 0.1) is 0 Å². The fourth-order valence-corrected chi connectivity index (χ4v) is 3.85. The van der Waals surface area contributed by atoms with Gasteiger partial charge in [0.1, 0.15) is 5.82 Å². The quantitative estimate of drug-likeness (QED) is 0.867. The highest BCUT2D eigenvalue weighted by Gasteiger charge is 2.53. The van der Waals surface area contributed by atoms with E-state index in [0.717, 1.165) is 38.3 Å². The lowest BCUT2D eigenvalue weighted by Crippen LogP contribution is -2.52. The Bertz CT molecular complexity index is 735. The van der Waals surface area contributed by atoms with Crippen LogP contribution in [0.4, 0.5) is 0 Å². The van der Waals surface area contributed by atoms with Crippen molar-refractivity contribution in [2.24, 2.45) is 7.05 Å². The van der Waals surface area contributed by atoms with Crippen molar-refractivity contribution in [1.82, 2.24) is 19.4 Å². The molecule has 1 aromatic carbocycles. The Balaban J connectivity index is 1.57. The van der Waals surface area contributed by atoms with Gasteiger partial charge < -0.3 is 9.47 Å². The Labute approximate surface area is 142 Å². The summed E-state index contributed by atoms with van der Waals surface area (Å²) in [6, 6.07) is 10.4. The fourth-order valence-electron chi connectivity index (χ4n) is 3.85. The molecular weight excluding hydrogens is 300 g/mol. The summed E-state index contributed by atoms with van der Waals surface area (Å²) in [5, 5.41) is 0. The number of aromatic nitrogens is 2. The molecular formula is C19H24N4O. The molecule has 126 valence electrons. The molecule has 2 fully saturated rings. The topological polar surface area (TPSA) is 41.4 Å². The molecule has 5 nitrogen and oxygen atoms in total. The van der Waals surface area contributed by atoms with E-state index in [4.69, 9.17) is 0 Å². The minimum Gasteiger partial charge on any atom is -0.339 e. The van der Waals surface area contributed by atoms with E-state index in [1.165, 1.54) is 5.56 Å². The third kappa shape index (κ3) is 2.44. The predicted molar refractivity (Wildman–Crippen MR) is 92.5 cm³/mol. The van der Waals surface area contributed by atoms with Gasteiger partial charge in [-0.25, -0.2) is 4.98 Å². The standard InChI is InChI=1S/C19H24N4O/c1-21-12-13-23(14-16(21)17-20-10-11-22(17)2)18(24)19(8-9-19)15-6-4-3-5-7-15/h3-7,10-11,16H,8-9,12-14H2,1-2H3. The van der Waals surface area contributed by atoms with Gasteiger partial charge in [-0.3, -0.25) is 9.69 Å². The molecule has 1 aliphatic carbocycles. The number of hydrogen-bond donors (Lipinski definition) is 0. The van der Waals surface area contributed by atoms with E-state index in [1.807, 2.05) is 37.6 Å². The summed E-state index contributed by atoms with van der Waals surface area (Å²) in [7, 11) is 4.13. The van der Waals surface area contributed by atoms with Crippen LogP contribution in [0.2, 0.25) is 0 Å². The zero-order chi connectivity index (χ0) is 16.7. The molecule has 2 heterocycles. The Hall–Kier alpha value is -2.14. The predicted octanol–water partition coefficient (Wildman–Crippen LogP) is 1.97. The van der Waals surface area contributed by atoms with Crippen molar-refractivity contribution in [3.05, 3.63) is 54.1 Å². The van der Waals surface area contributed by atoms with Crippen LogP contribution in [0.15, 0.2) is 42.7 Å². The largest absolute Gasteiger partial charge is 0.339 e. The van der Waals surface area contributed by atoms with E-state index >= 15 is 0 Å². The maximum atomic E-state index is 13.3. The molecule has 0 spiro atoms.